The summed E-state index contributed by atoms with van der Waals surface area (Å²) in [6.07, 6.45) is 1.16. The molecule has 0 radical (unpaired) electrons. The first-order valence-electron chi connectivity index (χ1n) is 5.64. The van der Waals surface area contributed by atoms with Crippen LogP contribution in [0.1, 0.15) is 36.8 Å². The molecule has 0 fully saturated rings. The molecule has 0 aliphatic heterocycles. The van der Waals surface area contributed by atoms with Crippen LogP contribution in [0.3, 0.4) is 0 Å². The summed E-state index contributed by atoms with van der Waals surface area (Å²) >= 11 is 1.82. The van der Waals surface area contributed by atoms with Crippen molar-refractivity contribution in [1.82, 2.24) is 5.32 Å². The molecule has 0 aliphatic rings. The average Bonchev–Trinajstić information content (AvgIpc) is 2.65. The van der Waals surface area contributed by atoms with E-state index in [1.807, 2.05) is 18.3 Å². The number of ether oxygens (including phenoxy) is 1. The smallest absolute Gasteiger partial charge is 0.0669 e. The SMILES string of the molecule is CCCNC(COCC)c1sccc1C. The van der Waals surface area contributed by atoms with Crippen molar-refractivity contribution in [3.63, 3.8) is 0 Å². The van der Waals surface area contributed by atoms with Crippen molar-refractivity contribution in [1.29, 1.82) is 0 Å². The van der Waals surface area contributed by atoms with Gasteiger partial charge >= 0.3 is 0 Å². The molecule has 3 heteroatoms. The van der Waals surface area contributed by atoms with Crippen LogP contribution >= 0.6 is 11.3 Å². The molecule has 0 amide bonds. The average molecular weight is 227 g/mol. The molecule has 1 aromatic heterocycles. The molecule has 1 N–H and O–H groups in total. The normalized spacial score (nSPS) is 13.0. The zero-order chi connectivity index (χ0) is 11.1. The quantitative estimate of drug-likeness (QED) is 0.772. The van der Waals surface area contributed by atoms with Crippen molar-refractivity contribution in [2.45, 2.75) is 33.2 Å². The maximum absolute atomic E-state index is 5.52. The van der Waals surface area contributed by atoms with Crippen LogP contribution in [-0.4, -0.2) is 19.8 Å². The summed E-state index contributed by atoms with van der Waals surface area (Å²) in [5.41, 5.74) is 1.37. The Kier molecular flexibility index (Phi) is 5.91. The number of thiophene rings is 1. The minimum absolute atomic E-state index is 0.366. The van der Waals surface area contributed by atoms with Gasteiger partial charge < -0.3 is 10.1 Å². The molecule has 86 valence electrons. The van der Waals surface area contributed by atoms with E-state index in [0.717, 1.165) is 26.2 Å². The van der Waals surface area contributed by atoms with Crippen LogP contribution in [0.25, 0.3) is 0 Å². The Morgan fingerprint density at radius 3 is 2.80 bits per heavy atom. The molecule has 1 heterocycles. The molecule has 1 aromatic rings. The molecule has 1 rings (SSSR count). The standard InChI is InChI=1S/C12H21NOS/c1-4-7-13-11(9-14-5-2)12-10(3)6-8-15-12/h6,8,11,13H,4-5,7,9H2,1-3H3. The van der Waals surface area contributed by atoms with Gasteiger partial charge in [-0.1, -0.05) is 6.92 Å². The van der Waals surface area contributed by atoms with Crippen LogP contribution in [0.4, 0.5) is 0 Å². The molecular weight excluding hydrogens is 206 g/mol. The van der Waals surface area contributed by atoms with Crippen LogP contribution in [-0.2, 0) is 4.74 Å². The van der Waals surface area contributed by atoms with Crippen LogP contribution in [0, 0.1) is 6.92 Å². The maximum atomic E-state index is 5.52. The lowest BCUT2D eigenvalue weighted by atomic mass is 10.2. The summed E-state index contributed by atoms with van der Waals surface area (Å²) in [6, 6.07) is 2.54. The number of aryl methyl sites for hydroxylation is 1. The van der Waals surface area contributed by atoms with Gasteiger partial charge in [0.2, 0.25) is 0 Å². The highest BCUT2D eigenvalue weighted by molar-refractivity contribution is 7.10. The monoisotopic (exact) mass is 227 g/mol. The Labute approximate surface area is 96.7 Å². The van der Waals surface area contributed by atoms with Crippen molar-refractivity contribution >= 4 is 11.3 Å². The third-order valence-corrected chi connectivity index (χ3v) is 3.48. The highest BCUT2D eigenvalue weighted by atomic mass is 32.1. The minimum Gasteiger partial charge on any atom is -0.380 e. The van der Waals surface area contributed by atoms with E-state index in [4.69, 9.17) is 4.74 Å². The molecule has 1 atom stereocenters. The van der Waals surface area contributed by atoms with Gasteiger partial charge in [-0.2, -0.15) is 0 Å². The molecule has 1 unspecified atom stereocenters. The molecule has 0 aromatic carbocycles. The van der Waals surface area contributed by atoms with Gasteiger partial charge in [-0.25, -0.2) is 0 Å². The van der Waals surface area contributed by atoms with Gasteiger partial charge in [0.05, 0.1) is 12.6 Å². The van der Waals surface area contributed by atoms with Crippen LogP contribution < -0.4 is 5.32 Å². The number of hydrogen-bond donors (Lipinski definition) is 1. The molecular formula is C12H21NOS. The maximum Gasteiger partial charge on any atom is 0.0669 e. The lowest BCUT2D eigenvalue weighted by Gasteiger charge is -2.18. The first-order chi connectivity index (χ1) is 7.29. The minimum atomic E-state index is 0.366. The van der Waals surface area contributed by atoms with Gasteiger partial charge in [0.1, 0.15) is 0 Å². The second-order valence-electron chi connectivity index (χ2n) is 3.63. The molecule has 0 saturated carbocycles. The van der Waals surface area contributed by atoms with Gasteiger partial charge in [0.15, 0.2) is 0 Å². The highest BCUT2D eigenvalue weighted by Gasteiger charge is 2.13. The van der Waals surface area contributed by atoms with E-state index in [2.05, 4.69) is 30.6 Å². The van der Waals surface area contributed by atoms with Crippen LogP contribution in [0.5, 0.6) is 0 Å². The summed E-state index contributed by atoms with van der Waals surface area (Å²) < 4.78 is 5.52. The van der Waals surface area contributed by atoms with E-state index in [1.165, 1.54) is 10.4 Å². The molecule has 0 spiro atoms. The third kappa shape index (κ3) is 3.93. The summed E-state index contributed by atoms with van der Waals surface area (Å²) in [4.78, 5) is 1.41. The van der Waals surface area contributed by atoms with E-state index in [1.54, 1.807) is 0 Å². The summed E-state index contributed by atoms with van der Waals surface area (Å²) in [7, 11) is 0. The molecule has 0 saturated heterocycles. The van der Waals surface area contributed by atoms with Gasteiger partial charge in [-0.05, 0) is 43.8 Å². The number of rotatable bonds is 7. The fourth-order valence-corrected chi connectivity index (χ4v) is 2.51. The van der Waals surface area contributed by atoms with E-state index in [-0.39, 0.29) is 0 Å². The number of nitrogens with one attached hydrogen (secondary N) is 1. The predicted molar refractivity (Wildman–Crippen MR) is 66.6 cm³/mol. The Hall–Kier alpha value is -0.380. The molecule has 2 nitrogen and oxygen atoms in total. The van der Waals surface area contributed by atoms with E-state index < -0.39 is 0 Å². The Bertz CT molecular complexity index is 264. The summed E-state index contributed by atoms with van der Waals surface area (Å²) in [5.74, 6) is 0. The second-order valence-corrected chi connectivity index (χ2v) is 4.58. The number of hydrogen-bond acceptors (Lipinski definition) is 3. The van der Waals surface area contributed by atoms with Crippen molar-refractivity contribution in [3.8, 4) is 0 Å². The third-order valence-electron chi connectivity index (χ3n) is 2.35. The van der Waals surface area contributed by atoms with Gasteiger partial charge in [0, 0.05) is 11.5 Å². The Morgan fingerprint density at radius 2 is 2.27 bits per heavy atom. The Morgan fingerprint density at radius 1 is 1.47 bits per heavy atom. The first kappa shape index (κ1) is 12.7. The fraction of sp³-hybridized carbons (Fsp3) is 0.667. The van der Waals surface area contributed by atoms with Crippen molar-refractivity contribution in [3.05, 3.63) is 21.9 Å². The lowest BCUT2D eigenvalue weighted by Crippen LogP contribution is -2.26. The van der Waals surface area contributed by atoms with E-state index in [0.29, 0.717) is 6.04 Å². The lowest BCUT2D eigenvalue weighted by molar-refractivity contribution is 0.124. The largest absolute Gasteiger partial charge is 0.380 e. The van der Waals surface area contributed by atoms with Crippen molar-refractivity contribution in [2.24, 2.45) is 0 Å². The van der Waals surface area contributed by atoms with Crippen molar-refractivity contribution < 1.29 is 4.74 Å². The summed E-state index contributed by atoms with van der Waals surface area (Å²) in [6.45, 7) is 9.00. The zero-order valence-electron chi connectivity index (χ0n) is 9.88. The fourth-order valence-electron chi connectivity index (χ4n) is 1.52. The zero-order valence-corrected chi connectivity index (χ0v) is 10.7. The van der Waals surface area contributed by atoms with Crippen LogP contribution in [0.15, 0.2) is 11.4 Å². The van der Waals surface area contributed by atoms with Crippen molar-refractivity contribution in [2.75, 3.05) is 19.8 Å². The Balaban J connectivity index is 2.58. The molecule has 0 bridgehead atoms. The first-order valence-corrected chi connectivity index (χ1v) is 6.52. The van der Waals surface area contributed by atoms with Gasteiger partial charge in [0.25, 0.3) is 0 Å². The second kappa shape index (κ2) is 6.99. The van der Waals surface area contributed by atoms with Gasteiger partial charge in [-0.15, -0.1) is 11.3 Å². The van der Waals surface area contributed by atoms with E-state index >= 15 is 0 Å². The topological polar surface area (TPSA) is 21.3 Å². The van der Waals surface area contributed by atoms with E-state index in [9.17, 15) is 0 Å². The molecule has 15 heavy (non-hydrogen) atoms. The van der Waals surface area contributed by atoms with Crippen LogP contribution in [0.2, 0.25) is 0 Å². The molecule has 0 aliphatic carbocycles. The van der Waals surface area contributed by atoms with Gasteiger partial charge in [-0.3, -0.25) is 0 Å². The predicted octanol–water partition coefficient (Wildman–Crippen LogP) is 3.13. The summed E-state index contributed by atoms with van der Waals surface area (Å²) in [5, 5.41) is 5.68. The highest BCUT2D eigenvalue weighted by Crippen LogP contribution is 2.24.